The first-order valence-electron chi connectivity index (χ1n) is 6.36. The van der Waals surface area contributed by atoms with Crippen LogP contribution in [0.15, 0.2) is 18.2 Å². The van der Waals surface area contributed by atoms with Gasteiger partial charge in [0, 0.05) is 31.7 Å². The molecule has 1 saturated heterocycles. The van der Waals surface area contributed by atoms with Crippen LogP contribution in [0.4, 0.5) is 17.6 Å². The first-order chi connectivity index (χ1) is 9.45. The number of halogens is 4. The van der Waals surface area contributed by atoms with Gasteiger partial charge in [-0.3, -0.25) is 4.90 Å². The Morgan fingerprint density at radius 3 is 2.45 bits per heavy atom. The third kappa shape index (κ3) is 3.11. The molecule has 2 N–H and O–H groups in total. The van der Waals surface area contributed by atoms with Gasteiger partial charge >= 0.3 is 6.18 Å². The number of nitrogens with one attached hydrogen (secondary N) is 1. The predicted molar refractivity (Wildman–Crippen MR) is 65.7 cm³/mol. The third-order valence-corrected chi connectivity index (χ3v) is 3.46. The van der Waals surface area contributed by atoms with Crippen LogP contribution < -0.4 is 5.32 Å². The lowest BCUT2D eigenvalue weighted by Crippen LogP contribution is -2.46. The molecule has 3 nitrogen and oxygen atoms in total. The largest absolute Gasteiger partial charge is 0.416 e. The van der Waals surface area contributed by atoms with Crippen LogP contribution in [-0.4, -0.2) is 42.8 Å². The molecule has 1 aliphatic heterocycles. The van der Waals surface area contributed by atoms with Gasteiger partial charge in [0.1, 0.15) is 5.82 Å². The number of rotatable bonds is 3. The second-order valence-corrected chi connectivity index (χ2v) is 4.68. The molecular weight excluding hydrogens is 276 g/mol. The number of hydrogen-bond donors (Lipinski definition) is 2. The van der Waals surface area contributed by atoms with Crippen molar-refractivity contribution in [2.24, 2.45) is 0 Å². The summed E-state index contributed by atoms with van der Waals surface area (Å²) in [5.41, 5.74) is -1.49. The van der Waals surface area contributed by atoms with Crippen molar-refractivity contribution in [2.45, 2.75) is 12.2 Å². The van der Waals surface area contributed by atoms with Crippen LogP contribution in [0.3, 0.4) is 0 Å². The zero-order valence-corrected chi connectivity index (χ0v) is 10.8. The molecular formula is C13H16F4N2O. The number of benzene rings is 1. The maximum atomic E-state index is 13.9. The van der Waals surface area contributed by atoms with Crippen molar-refractivity contribution < 1.29 is 22.7 Å². The highest BCUT2D eigenvalue weighted by Crippen LogP contribution is 2.37. The van der Waals surface area contributed by atoms with Crippen LogP contribution in [-0.2, 0) is 6.18 Å². The Morgan fingerprint density at radius 2 is 1.90 bits per heavy atom. The van der Waals surface area contributed by atoms with E-state index in [9.17, 15) is 22.7 Å². The second-order valence-electron chi connectivity index (χ2n) is 4.68. The minimum Gasteiger partial charge on any atom is -0.394 e. The quantitative estimate of drug-likeness (QED) is 0.834. The molecule has 1 atom stereocenters. The topological polar surface area (TPSA) is 35.5 Å². The minimum absolute atomic E-state index is 0.468. The summed E-state index contributed by atoms with van der Waals surface area (Å²) < 4.78 is 53.0. The highest BCUT2D eigenvalue weighted by Gasteiger charge is 2.38. The molecule has 112 valence electrons. The van der Waals surface area contributed by atoms with Crippen molar-refractivity contribution in [2.75, 3.05) is 32.8 Å². The Balaban J connectivity index is 2.42. The van der Waals surface area contributed by atoms with Crippen molar-refractivity contribution in [3.63, 3.8) is 0 Å². The fourth-order valence-electron chi connectivity index (χ4n) is 2.51. The Labute approximate surface area is 114 Å². The minimum atomic E-state index is -4.64. The first kappa shape index (κ1) is 15.2. The van der Waals surface area contributed by atoms with Crippen molar-refractivity contribution in [1.82, 2.24) is 10.2 Å². The average Bonchev–Trinajstić information content (AvgIpc) is 2.41. The van der Waals surface area contributed by atoms with Gasteiger partial charge < -0.3 is 10.4 Å². The number of aliphatic hydroxyl groups excluding tert-OH is 1. The number of alkyl halides is 3. The summed E-state index contributed by atoms with van der Waals surface area (Å²) in [4.78, 5) is 1.67. The maximum absolute atomic E-state index is 13.9. The normalized spacial score (nSPS) is 19.1. The molecule has 0 unspecified atom stereocenters. The molecule has 0 spiro atoms. The molecule has 20 heavy (non-hydrogen) atoms. The van der Waals surface area contributed by atoms with E-state index in [0.717, 1.165) is 18.2 Å². The lowest BCUT2D eigenvalue weighted by Gasteiger charge is -2.35. The second kappa shape index (κ2) is 6.07. The van der Waals surface area contributed by atoms with E-state index in [2.05, 4.69) is 5.32 Å². The summed E-state index contributed by atoms with van der Waals surface area (Å²) in [6.07, 6.45) is -4.64. The van der Waals surface area contributed by atoms with E-state index in [0.29, 0.717) is 26.2 Å². The van der Waals surface area contributed by atoms with Crippen LogP contribution in [0.2, 0.25) is 0 Å². The van der Waals surface area contributed by atoms with Gasteiger partial charge in [-0.2, -0.15) is 13.2 Å². The zero-order chi connectivity index (χ0) is 14.8. The van der Waals surface area contributed by atoms with Gasteiger partial charge in [-0.25, -0.2) is 4.39 Å². The van der Waals surface area contributed by atoms with E-state index in [1.807, 2.05) is 0 Å². The van der Waals surface area contributed by atoms with Gasteiger partial charge in [-0.1, -0.05) is 6.07 Å². The molecule has 7 heteroatoms. The highest BCUT2D eigenvalue weighted by atomic mass is 19.4. The zero-order valence-electron chi connectivity index (χ0n) is 10.8. The Bertz CT molecular complexity index is 458. The molecule has 0 bridgehead atoms. The number of nitrogens with zero attached hydrogens (tertiary/aromatic N) is 1. The van der Waals surface area contributed by atoms with Crippen molar-refractivity contribution in [3.8, 4) is 0 Å². The van der Waals surface area contributed by atoms with Crippen LogP contribution >= 0.6 is 0 Å². The average molecular weight is 292 g/mol. The van der Waals surface area contributed by atoms with Gasteiger partial charge in [0.2, 0.25) is 0 Å². The van der Waals surface area contributed by atoms with Crippen LogP contribution in [0, 0.1) is 5.82 Å². The molecule has 0 radical (unpaired) electrons. The monoisotopic (exact) mass is 292 g/mol. The smallest absolute Gasteiger partial charge is 0.394 e. The van der Waals surface area contributed by atoms with Crippen molar-refractivity contribution in [3.05, 3.63) is 35.1 Å². The van der Waals surface area contributed by atoms with Gasteiger partial charge in [0.05, 0.1) is 18.2 Å². The molecule has 1 aromatic rings. The van der Waals surface area contributed by atoms with Crippen molar-refractivity contribution >= 4 is 0 Å². The van der Waals surface area contributed by atoms with Crippen LogP contribution in [0.25, 0.3) is 0 Å². The Morgan fingerprint density at radius 1 is 1.25 bits per heavy atom. The van der Waals surface area contributed by atoms with E-state index in [4.69, 9.17) is 0 Å². The molecule has 1 fully saturated rings. The SMILES string of the molecule is OC[C@H](c1c(F)cccc1C(F)(F)F)N1CCNCC1. The highest BCUT2D eigenvalue weighted by molar-refractivity contribution is 5.34. The molecule has 0 aliphatic carbocycles. The van der Waals surface area contributed by atoms with Crippen LogP contribution in [0.1, 0.15) is 17.2 Å². The van der Waals surface area contributed by atoms with Gasteiger partial charge in [0.15, 0.2) is 0 Å². The fourth-order valence-corrected chi connectivity index (χ4v) is 2.51. The predicted octanol–water partition coefficient (Wildman–Crippen LogP) is 1.78. The summed E-state index contributed by atoms with van der Waals surface area (Å²) in [6.45, 7) is 1.59. The maximum Gasteiger partial charge on any atom is 0.416 e. The molecule has 0 amide bonds. The van der Waals surface area contributed by atoms with E-state index >= 15 is 0 Å². The lowest BCUT2D eigenvalue weighted by molar-refractivity contribution is -0.139. The number of piperazine rings is 1. The first-order valence-corrected chi connectivity index (χ1v) is 6.36. The number of hydrogen-bond acceptors (Lipinski definition) is 3. The molecule has 0 aromatic heterocycles. The Hall–Kier alpha value is -1.18. The number of aliphatic hydroxyl groups is 1. The standard InChI is InChI=1S/C13H16F4N2O/c14-10-3-1-2-9(13(15,16)17)12(10)11(8-20)19-6-4-18-5-7-19/h1-3,11,18,20H,4-8H2/t11-/m1/s1. The van der Waals surface area contributed by atoms with E-state index in [-0.39, 0.29) is 0 Å². The summed E-state index contributed by atoms with van der Waals surface area (Å²) in [7, 11) is 0. The molecule has 1 aromatic carbocycles. The van der Waals surface area contributed by atoms with Gasteiger partial charge in [-0.05, 0) is 12.1 Å². The van der Waals surface area contributed by atoms with Crippen molar-refractivity contribution in [1.29, 1.82) is 0 Å². The summed E-state index contributed by atoms with van der Waals surface area (Å²) >= 11 is 0. The molecule has 1 heterocycles. The lowest BCUT2D eigenvalue weighted by atomic mass is 9.97. The molecule has 0 saturated carbocycles. The van der Waals surface area contributed by atoms with Crippen LogP contribution in [0.5, 0.6) is 0 Å². The van der Waals surface area contributed by atoms with E-state index in [1.165, 1.54) is 0 Å². The van der Waals surface area contributed by atoms with Gasteiger partial charge in [-0.15, -0.1) is 0 Å². The Kier molecular flexibility index (Phi) is 4.62. The summed E-state index contributed by atoms with van der Waals surface area (Å²) in [5.74, 6) is -0.933. The van der Waals surface area contributed by atoms with Gasteiger partial charge in [0.25, 0.3) is 0 Å². The van der Waals surface area contributed by atoms with E-state index < -0.39 is 35.8 Å². The molecule has 2 rings (SSSR count). The fraction of sp³-hybridized carbons (Fsp3) is 0.538. The third-order valence-electron chi connectivity index (χ3n) is 3.46. The summed E-state index contributed by atoms with van der Waals surface area (Å²) in [5, 5.41) is 12.5. The van der Waals surface area contributed by atoms with E-state index in [1.54, 1.807) is 4.90 Å². The summed E-state index contributed by atoms with van der Waals surface area (Å²) in [6, 6.07) is 1.90. The molecule has 1 aliphatic rings.